The second-order valence-corrected chi connectivity index (χ2v) is 6.94. The molecule has 0 bridgehead atoms. The van der Waals surface area contributed by atoms with Gasteiger partial charge in [0.1, 0.15) is 0 Å². The molecule has 1 aromatic carbocycles. The molecule has 2 atom stereocenters. The lowest BCUT2D eigenvalue weighted by Gasteiger charge is -2.13. The zero-order chi connectivity index (χ0) is 17.2. The number of hydrogen-bond donors (Lipinski definition) is 1. The second kappa shape index (κ2) is 6.65. The molecule has 1 aromatic rings. The van der Waals surface area contributed by atoms with Crippen molar-refractivity contribution in [2.45, 2.75) is 34.2 Å². The summed E-state index contributed by atoms with van der Waals surface area (Å²) in [5.74, 6) is 1.80. The van der Waals surface area contributed by atoms with Gasteiger partial charge in [0.2, 0.25) is 5.91 Å². The zero-order valence-corrected chi connectivity index (χ0v) is 14.9. The van der Waals surface area contributed by atoms with Gasteiger partial charge in [0, 0.05) is 12.1 Å². The molecule has 2 unspecified atom stereocenters. The van der Waals surface area contributed by atoms with Gasteiger partial charge >= 0.3 is 0 Å². The molecule has 0 aliphatic heterocycles. The molecule has 2 rings (SSSR count). The molecule has 0 spiro atoms. The molecule has 1 fully saturated rings. The summed E-state index contributed by atoms with van der Waals surface area (Å²) in [7, 11) is 3.22. The number of para-hydroxylation sites is 1. The fraction of sp³-hybridized carbons (Fsp3) is 0.526. The molecule has 0 aromatic heterocycles. The summed E-state index contributed by atoms with van der Waals surface area (Å²) < 4.78 is 10.7. The fourth-order valence-electron chi connectivity index (χ4n) is 3.23. The summed E-state index contributed by atoms with van der Waals surface area (Å²) in [5.41, 5.74) is 2.20. The Balaban J connectivity index is 2.05. The van der Waals surface area contributed by atoms with Crippen molar-refractivity contribution in [1.82, 2.24) is 5.32 Å². The summed E-state index contributed by atoms with van der Waals surface area (Å²) in [5, 5.41) is 3.04. The molecule has 4 nitrogen and oxygen atoms in total. The highest BCUT2D eigenvalue weighted by Crippen LogP contribution is 2.59. The van der Waals surface area contributed by atoms with E-state index < -0.39 is 0 Å². The number of ether oxygens (including phenoxy) is 2. The SMILES string of the molecule is COc1cccc(CNC(=O)C2C(C=C(C)C)C2(C)C)c1OC. The molecular weight excluding hydrogens is 290 g/mol. The highest BCUT2D eigenvalue weighted by atomic mass is 16.5. The molecule has 1 amide bonds. The summed E-state index contributed by atoms with van der Waals surface area (Å²) in [6.45, 7) is 8.88. The van der Waals surface area contributed by atoms with Gasteiger partial charge in [-0.3, -0.25) is 4.79 Å². The minimum Gasteiger partial charge on any atom is -0.493 e. The van der Waals surface area contributed by atoms with Gasteiger partial charge in [-0.25, -0.2) is 0 Å². The van der Waals surface area contributed by atoms with Gasteiger partial charge < -0.3 is 14.8 Å². The first-order valence-corrected chi connectivity index (χ1v) is 7.95. The third kappa shape index (κ3) is 3.52. The van der Waals surface area contributed by atoms with E-state index in [1.54, 1.807) is 14.2 Å². The molecule has 1 aliphatic rings. The van der Waals surface area contributed by atoms with Gasteiger partial charge in [-0.2, -0.15) is 0 Å². The first-order chi connectivity index (χ1) is 10.8. The Labute approximate surface area is 138 Å². The Hall–Kier alpha value is -1.97. The smallest absolute Gasteiger partial charge is 0.224 e. The summed E-state index contributed by atoms with van der Waals surface area (Å²) >= 11 is 0. The maximum absolute atomic E-state index is 12.5. The van der Waals surface area contributed by atoms with E-state index in [0.717, 1.165) is 5.56 Å². The van der Waals surface area contributed by atoms with E-state index in [2.05, 4.69) is 39.1 Å². The van der Waals surface area contributed by atoms with Crippen molar-refractivity contribution in [1.29, 1.82) is 0 Å². The minimum absolute atomic E-state index is 0.0276. The Morgan fingerprint density at radius 1 is 1.26 bits per heavy atom. The number of methoxy groups -OCH3 is 2. The first kappa shape index (κ1) is 17.4. The highest BCUT2D eigenvalue weighted by Gasteiger charge is 2.60. The van der Waals surface area contributed by atoms with Crippen LogP contribution < -0.4 is 14.8 Å². The van der Waals surface area contributed by atoms with Crippen LogP contribution in [0.15, 0.2) is 29.8 Å². The predicted octanol–water partition coefficient (Wildman–Crippen LogP) is 3.56. The van der Waals surface area contributed by atoms with Gasteiger partial charge in [-0.1, -0.05) is 37.6 Å². The van der Waals surface area contributed by atoms with Crippen LogP contribution >= 0.6 is 0 Å². The Morgan fingerprint density at radius 3 is 2.52 bits per heavy atom. The molecule has 1 aliphatic carbocycles. The number of allylic oxidation sites excluding steroid dienone is 2. The standard InChI is InChI=1S/C19H27NO3/c1-12(2)10-14-16(19(14,3)4)18(21)20-11-13-8-7-9-15(22-5)17(13)23-6/h7-10,14,16H,11H2,1-6H3,(H,20,21). The lowest BCUT2D eigenvalue weighted by atomic mass is 10.1. The lowest BCUT2D eigenvalue weighted by molar-refractivity contribution is -0.123. The topological polar surface area (TPSA) is 47.6 Å². The Bertz CT molecular complexity index is 615. The van der Waals surface area contributed by atoms with E-state index >= 15 is 0 Å². The van der Waals surface area contributed by atoms with Crippen molar-refractivity contribution in [2.75, 3.05) is 14.2 Å². The van der Waals surface area contributed by atoms with Gasteiger partial charge in [0.05, 0.1) is 20.1 Å². The van der Waals surface area contributed by atoms with E-state index in [-0.39, 0.29) is 17.2 Å². The van der Waals surface area contributed by atoms with Crippen molar-refractivity contribution in [2.24, 2.45) is 17.3 Å². The maximum atomic E-state index is 12.5. The monoisotopic (exact) mass is 317 g/mol. The third-order valence-corrected chi connectivity index (χ3v) is 4.64. The van der Waals surface area contributed by atoms with Crippen LogP contribution in [0.5, 0.6) is 11.5 Å². The fourth-order valence-corrected chi connectivity index (χ4v) is 3.23. The zero-order valence-electron chi connectivity index (χ0n) is 14.9. The molecule has 4 heteroatoms. The van der Waals surface area contributed by atoms with E-state index in [1.807, 2.05) is 18.2 Å². The summed E-state index contributed by atoms with van der Waals surface area (Å²) in [6.07, 6.45) is 2.20. The average molecular weight is 317 g/mol. The number of amides is 1. The van der Waals surface area contributed by atoms with E-state index in [9.17, 15) is 4.79 Å². The highest BCUT2D eigenvalue weighted by molar-refractivity contribution is 5.83. The number of hydrogen-bond acceptors (Lipinski definition) is 3. The molecule has 0 radical (unpaired) electrons. The largest absolute Gasteiger partial charge is 0.493 e. The van der Waals surface area contributed by atoms with Crippen LogP contribution in [0.4, 0.5) is 0 Å². The van der Waals surface area contributed by atoms with Gasteiger partial charge in [0.25, 0.3) is 0 Å². The van der Waals surface area contributed by atoms with Gasteiger partial charge in [0.15, 0.2) is 11.5 Å². The first-order valence-electron chi connectivity index (χ1n) is 7.95. The number of rotatable bonds is 6. The van der Waals surface area contributed by atoms with E-state index in [0.29, 0.717) is 24.0 Å². The van der Waals surface area contributed by atoms with Crippen molar-refractivity contribution in [3.8, 4) is 11.5 Å². The normalized spacial score (nSPS) is 21.3. The van der Waals surface area contributed by atoms with Crippen LogP contribution in [-0.2, 0) is 11.3 Å². The summed E-state index contributed by atoms with van der Waals surface area (Å²) in [6, 6.07) is 5.68. The number of carbonyl (C=O) groups excluding carboxylic acids is 1. The van der Waals surface area contributed by atoms with Crippen molar-refractivity contribution in [3.05, 3.63) is 35.4 Å². The van der Waals surface area contributed by atoms with Crippen molar-refractivity contribution >= 4 is 5.91 Å². The molecular formula is C19H27NO3. The maximum Gasteiger partial charge on any atom is 0.224 e. The summed E-state index contributed by atoms with van der Waals surface area (Å²) in [4.78, 5) is 12.5. The molecule has 23 heavy (non-hydrogen) atoms. The van der Waals surface area contributed by atoms with Crippen molar-refractivity contribution in [3.63, 3.8) is 0 Å². The van der Waals surface area contributed by atoms with Crippen molar-refractivity contribution < 1.29 is 14.3 Å². The molecule has 1 saturated carbocycles. The molecule has 1 N–H and O–H groups in total. The Kier molecular flexibility index (Phi) is 5.03. The van der Waals surface area contributed by atoms with Gasteiger partial charge in [-0.15, -0.1) is 0 Å². The predicted molar refractivity (Wildman–Crippen MR) is 91.6 cm³/mol. The van der Waals surface area contributed by atoms with Crippen LogP contribution in [0, 0.1) is 17.3 Å². The Morgan fingerprint density at radius 2 is 1.96 bits per heavy atom. The van der Waals surface area contributed by atoms with Crippen LogP contribution in [0.25, 0.3) is 0 Å². The third-order valence-electron chi connectivity index (χ3n) is 4.64. The van der Waals surface area contributed by atoms with Crippen LogP contribution in [0.1, 0.15) is 33.3 Å². The number of benzene rings is 1. The van der Waals surface area contributed by atoms with Crippen LogP contribution in [0.3, 0.4) is 0 Å². The molecule has 0 heterocycles. The number of nitrogens with one attached hydrogen (secondary N) is 1. The molecule has 126 valence electrons. The van der Waals surface area contributed by atoms with E-state index in [1.165, 1.54) is 5.57 Å². The number of carbonyl (C=O) groups is 1. The average Bonchev–Trinajstić information content (AvgIpc) is 3.04. The second-order valence-electron chi connectivity index (χ2n) is 6.94. The quantitative estimate of drug-likeness (QED) is 0.816. The minimum atomic E-state index is 0.0276. The van der Waals surface area contributed by atoms with Crippen LogP contribution in [0.2, 0.25) is 0 Å². The lowest BCUT2D eigenvalue weighted by Crippen LogP contribution is -2.26. The van der Waals surface area contributed by atoms with Gasteiger partial charge in [-0.05, 0) is 31.2 Å². The molecule has 0 saturated heterocycles. The van der Waals surface area contributed by atoms with E-state index in [4.69, 9.17) is 9.47 Å². The van der Waals surface area contributed by atoms with Crippen LogP contribution in [-0.4, -0.2) is 20.1 Å².